The number of benzene rings is 1. The number of nitrogens with zero attached hydrogens (tertiary/aromatic N) is 2. The van der Waals surface area contributed by atoms with Crippen LogP contribution in [0.2, 0.25) is 5.02 Å². The molecule has 0 unspecified atom stereocenters. The van der Waals surface area contributed by atoms with E-state index in [1.165, 1.54) is 6.20 Å². The average molecular weight is 471 g/mol. The van der Waals surface area contributed by atoms with Gasteiger partial charge in [-0.2, -0.15) is 0 Å². The summed E-state index contributed by atoms with van der Waals surface area (Å²) in [5.41, 5.74) is 0.873. The van der Waals surface area contributed by atoms with Crippen molar-refractivity contribution in [1.82, 2.24) is 9.88 Å². The summed E-state index contributed by atoms with van der Waals surface area (Å²) < 4.78 is 5.81. The summed E-state index contributed by atoms with van der Waals surface area (Å²) in [6.07, 6.45) is 4.70. The number of anilines is 2. The quantitative estimate of drug-likeness (QED) is 0.478. The molecule has 174 valence electrons. The summed E-state index contributed by atoms with van der Waals surface area (Å²) in [5, 5.41) is 15.9. The summed E-state index contributed by atoms with van der Waals surface area (Å²) in [7, 11) is 2.00. The normalized spacial score (nSPS) is 18.4. The number of rotatable bonds is 7. The second kappa shape index (κ2) is 10.3. The number of carbonyl (C=O) groups excluding carboxylic acids is 2. The van der Waals surface area contributed by atoms with Gasteiger partial charge in [-0.15, -0.1) is 0 Å². The molecule has 1 aliphatic carbocycles. The van der Waals surface area contributed by atoms with Crippen LogP contribution in [-0.4, -0.2) is 53.0 Å². The van der Waals surface area contributed by atoms with Crippen molar-refractivity contribution in [3.05, 3.63) is 53.4 Å². The smallest absolute Gasteiger partial charge is 0.294 e. The highest BCUT2D eigenvalue weighted by atomic mass is 35.5. The van der Waals surface area contributed by atoms with Gasteiger partial charge in [0.15, 0.2) is 0 Å². The lowest BCUT2D eigenvalue weighted by Gasteiger charge is -2.33. The molecule has 9 heteroatoms. The first kappa shape index (κ1) is 23.2. The number of fused-ring (bicyclic) bond motifs is 1. The van der Waals surface area contributed by atoms with E-state index in [4.69, 9.17) is 21.1 Å². The van der Waals surface area contributed by atoms with Gasteiger partial charge in [-0.25, -0.2) is 4.98 Å². The highest BCUT2D eigenvalue weighted by Crippen LogP contribution is 2.34. The summed E-state index contributed by atoms with van der Waals surface area (Å²) in [6.45, 7) is 0.754. The van der Waals surface area contributed by atoms with Crippen LogP contribution in [0.1, 0.15) is 36.2 Å². The second-order valence-electron chi connectivity index (χ2n) is 8.32. The van der Waals surface area contributed by atoms with E-state index in [1.807, 2.05) is 25.2 Å². The van der Waals surface area contributed by atoms with Crippen LogP contribution in [0.5, 0.6) is 0 Å². The summed E-state index contributed by atoms with van der Waals surface area (Å²) in [4.78, 5) is 32.3. The topological polar surface area (TPSA) is 108 Å². The number of furan rings is 1. The van der Waals surface area contributed by atoms with E-state index < -0.39 is 5.91 Å². The molecule has 1 aromatic carbocycles. The molecule has 3 aromatic rings. The minimum atomic E-state index is -0.509. The minimum absolute atomic E-state index is 0.0256. The van der Waals surface area contributed by atoms with E-state index in [9.17, 15) is 9.59 Å². The fourth-order valence-corrected chi connectivity index (χ4v) is 4.41. The number of carbonyl (C=O) groups is 2. The Kier molecular flexibility index (Phi) is 7.27. The number of amides is 2. The molecule has 1 saturated carbocycles. The van der Waals surface area contributed by atoms with Gasteiger partial charge >= 0.3 is 0 Å². The van der Waals surface area contributed by atoms with E-state index in [-0.39, 0.29) is 24.2 Å². The number of aliphatic hydroxyl groups excluding tert-OH is 1. The second-order valence-corrected chi connectivity index (χ2v) is 8.75. The standard InChI is InChI=1S/C24H27ClN4O4/c1-29(12-13-30)17-9-6-15(7-10-17)23(31)28-21-18-4-2-3-5-19(18)33-22(21)24(32)27-20-11-8-16(25)14-26-20/h2-5,8,11,14-15,17,30H,6-7,9-10,12-13H2,1H3,(H,28,31)(H,26,27,32)/t15-,17-. The van der Waals surface area contributed by atoms with Crippen molar-refractivity contribution in [3.63, 3.8) is 0 Å². The third-order valence-electron chi connectivity index (χ3n) is 6.16. The zero-order valence-corrected chi connectivity index (χ0v) is 19.1. The number of aliphatic hydroxyl groups is 1. The molecule has 4 rings (SSSR count). The molecule has 0 bridgehead atoms. The van der Waals surface area contributed by atoms with Crippen molar-refractivity contribution in [1.29, 1.82) is 0 Å². The third-order valence-corrected chi connectivity index (χ3v) is 6.39. The van der Waals surface area contributed by atoms with Gasteiger partial charge in [-0.05, 0) is 57.0 Å². The summed E-state index contributed by atoms with van der Waals surface area (Å²) >= 11 is 5.86. The Morgan fingerprint density at radius 1 is 1.15 bits per heavy atom. The average Bonchev–Trinajstić information content (AvgIpc) is 3.19. The molecule has 1 aliphatic rings. The van der Waals surface area contributed by atoms with Gasteiger partial charge in [-0.3, -0.25) is 9.59 Å². The number of likely N-dealkylation sites (N-methyl/N-ethyl adjacent to an activating group) is 1. The maximum absolute atomic E-state index is 13.1. The molecule has 0 aliphatic heterocycles. The van der Waals surface area contributed by atoms with Crippen molar-refractivity contribution in [2.24, 2.45) is 5.92 Å². The van der Waals surface area contributed by atoms with Crippen LogP contribution in [0, 0.1) is 5.92 Å². The van der Waals surface area contributed by atoms with Crippen LogP contribution in [-0.2, 0) is 4.79 Å². The number of para-hydroxylation sites is 1. The molecule has 33 heavy (non-hydrogen) atoms. The third kappa shape index (κ3) is 5.35. The van der Waals surface area contributed by atoms with Crippen LogP contribution >= 0.6 is 11.6 Å². The van der Waals surface area contributed by atoms with Gasteiger partial charge in [0.25, 0.3) is 5.91 Å². The van der Waals surface area contributed by atoms with Crippen molar-refractivity contribution in [2.45, 2.75) is 31.7 Å². The fraction of sp³-hybridized carbons (Fsp3) is 0.375. The first-order valence-corrected chi connectivity index (χ1v) is 11.4. The number of halogens is 1. The lowest BCUT2D eigenvalue weighted by molar-refractivity contribution is -0.121. The number of pyridine rings is 1. The summed E-state index contributed by atoms with van der Waals surface area (Å²) in [6, 6.07) is 10.8. The summed E-state index contributed by atoms with van der Waals surface area (Å²) in [5.74, 6) is -0.425. The fourth-order valence-electron chi connectivity index (χ4n) is 4.30. The van der Waals surface area contributed by atoms with E-state index in [0.29, 0.717) is 40.1 Å². The molecule has 8 nitrogen and oxygen atoms in total. The van der Waals surface area contributed by atoms with Crippen LogP contribution in [0.15, 0.2) is 47.0 Å². The van der Waals surface area contributed by atoms with Crippen LogP contribution < -0.4 is 10.6 Å². The molecule has 3 N–H and O–H groups in total. The zero-order valence-electron chi connectivity index (χ0n) is 18.4. The van der Waals surface area contributed by atoms with E-state index >= 15 is 0 Å². The molecular formula is C24H27ClN4O4. The Hall–Kier alpha value is -2.94. The van der Waals surface area contributed by atoms with Crippen LogP contribution in [0.4, 0.5) is 11.5 Å². The first-order chi connectivity index (χ1) is 16.0. The van der Waals surface area contributed by atoms with Gasteiger partial charge < -0.3 is 25.1 Å². The van der Waals surface area contributed by atoms with Gasteiger partial charge in [0.2, 0.25) is 11.7 Å². The molecule has 0 saturated heterocycles. The monoisotopic (exact) mass is 470 g/mol. The lowest BCUT2D eigenvalue weighted by atomic mass is 9.85. The molecule has 0 atom stereocenters. The van der Waals surface area contributed by atoms with Gasteiger partial charge in [0, 0.05) is 30.1 Å². The van der Waals surface area contributed by atoms with Crippen molar-refractivity contribution in [2.75, 3.05) is 30.8 Å². The van der Waals surface area contributed by atoms with Gasteiger partial charge in [-0.1, -0.05) is 23.7 Å². The SMILES string of the molecule is CN(CCO)[C@H]1CC[C@H](C(=O)Nc2c(C(=O)Nc3ccc(Cl)cn3)oc3ccccc23)CC1. The molecule has 1 fully saturated rings. The van der Waals surface area contributed by atoms with Gasteiger partial charge in [0.05, 0.1) is 11.6 Å². The zero-order chi connectivity index (χ0) is 23.4. The predicted octanol–water partition coefficient (Wildman–Crippen LogP) is 4.15. The first-order valence-electron chi connectivity index (χ1n) is 11.0. The Bertz CT molecular complexity index is 1120. The molecule has 2 amide bonds. The van der Waals surface area contributed by atoms with Crippen molar-refractivity contribution < 1.29 is 19.1 Å². The Morgan fingerprint density at radius 2 is 1.91 bits per heavy atom. The molecule has 2 heterocycles. The largest absolute Gasteiger partial charge is 0.449 e. The molecule has 2 aromatic heterocycles. The molecular weight excluding hydrogens is 444 g/mol. The number of nitrogens with one attached hydrogen (secondary N) is 2. The Labute approximate surface area is 196 Å². The van der Waals surface area contributed by atoms with Crippen molar-refractivity contribution >= 4 is 45.9 Å². The number of hydrogen-bond acceptors (Lipinski definition) is 6. The number of hydrogen-bond donors (Lipinski definition) is 3. The van der Waals surface area contributed by atoms with E-state index in [0.717, 1.165) is 25.7 Å². The maximum atomic E-state index is 13.1. The lowest BCUT2D eigenvalue weighted by Crippen LogP contribution is -2.39. The van der Waals surface area contributed by atoms with E-state index in [1.54, 1.807) is 18.2 Å². The Morgan fingerprint density at radius 3 is 2.61 bits per heavy atom. The number of aromatic nitrogens is 1. The highest BCUT2D eigenvalue weighted by Gasteiger charge is 2.30. The maximum Gasteiger partial charge on any atom is 0.294 e. The molecule has 0 radical (unpaired) electrons. The van der Waals surface area contributed by atoms with Gasteiger partial charge in [0.1, 0.15) is 17.1 Å². The predicted molar refractivity (Wildman–Crippen MR) is 128 cm³/mol. The van der Waals surface area contributed by atoms with Crippen LogP contribution in [0.3, 0.4) is 0 Å². The van der Waals surface area contributed by atoms with Crippen LogP contribution in [0.25, 0.3) is 11.0 Å². The minimum Gasteiger partial charge on any atom is -0.449 e. The highest BCUT2D eigenvalue weighted by molar-refractivity contribution is 6.30. The molecule has 0 spiro atoms. The van der Waals surface area contributed by atoms with E-state index in [2.05, 4.69) is 20.5 Å². The van der Waals surface area contributed by atoms with Crippen molar-refractivity contribution in [3.8, 4) is 0 Å². The Balaban J connectivity index is 1.50.